The molecule has 1 saturated heterocycles. The zero-order valence-corrected chi connectivity index (χ0v) is 17.4. The Hall–Kier alpha value is -3.17. The number of carbonyl (C=O) groups is 1. The fourth-order valence-electron chi connectivity index (χ4n) is 4.63. The molecule has 0 unspecified atom stereocenters. The van der Waals surface area contributed by atoms with E-state index in [1.54, 1.807) is 6.07 Å². The van der Waals surface area contributed by atoms with Gasteiger partial charge in [-0.2, -0.15) is 17.7 Å². The van der Waals surface area contributed by atoms with Crippen molar-refractivity contribution in [1.29, 1.82) is 0 Å². The standard InChI is InChI=1S/C22H23F3N6O/c23-22(24,25)21-28-27-18-8-9-19(29-31(18)21)30-12-10-15(11-13-30)20(32)26-17-7-3-5-14-4-1-2-6-16(14)17/h3,5,7-9,15H,1-2,4,6,10-13H2,(H,26,32). The maximum atomic E-state index is 13.1. The van der Waals surface area contributed by atoms with Gasteiger partial charge in [0.15, 0.2) is 5.65 Å². The van der Waals surface area contributed by atoms with Gasteiger partial charge in [-0.3, -0.25) is 4.79 Å². The first-order valence-electron chi connectivity index (χ1n) is 10.9. The normalized spacial score (nSPS) is 17.4. The number of hydrogen-bond donors (Lipinski definition) is 1. The third-order valence-corrected chi connectivity index (χ3v) is 6.35. The lowest BCUT2D eigenvalue weighted by atomic mass is 9.90. The Balaban J connectivity index is 1.26. The van der Waals surface area contributed by atoms with Crippen LogP contribution in [-0.2, 0) is 23.8 Å². The highest BCUT2D eigenvalue weighted by molar-refractivity contribution is 5.93. The zero-order chi connectivity index (χ0) is 22.3. The Bertz CT molecular complexity index is 1150. The minimum atomic E-state index is -4.63. The third kappa shape index (κ3) is 3.89. The number of halogens is 3. The van der Waals surface area contributed by atoms with Crippen molar-refractivity contribution in [2.75, 3.05) is 23.3 Å². The number of fused-ring (bicyclic) bond motifs is 2. The van der Waals surface area contributed by atoms with Crippen LogP contribution in [0.5, 0.6) is 0 Å². The quantitative estimate of drug-likeness (QED) is 0.664. The second-order valence-corrected chi connectivity index (χ2v) is 8.38. The monoisotopic (exact) mass is 444 g/mol. The summed E-state index contributed by atoms with van der Waals surface area (Å²) in [5.74, 6) is -0.867. The third-order valence-electron chi connectivity index (χ3n) is 6.35. The molecule has 2 aromatic heterocycles. The number of aryl methyl sites for hydroxylation is 1. The Morgan fingerprint density at radius 1 is 1.03 bits per heavy atom. The Labute approximate surface area is 182 Å². The van der Waals surface area contributed by atoms with E-state index in [1.165, 1.54) is 23.6 Å². The van der Waals surface area contributed by atoms with Gasteiger partial charge in [-0.15, -0.1) is 15.3 Å². The molecule has 7 nitrogen and oxygen atoms in total. The first-order chi connectivity index (χ1) is 15.4. The van der Waals surface area contributed by atoms with Crippen LogP contribution in [-0.4, -0.2) is 38.8 Å². The Morgan fingerprint density at radius 3 is 2.59 bits per heavy atom. The van der Waals surface area contributed by atoms with Gasteiger partial charge in [0, 0.05) is 24.7 Å². The second-order valence-electron chi connectivity index (χ2n) is 8.38. The topological polar surface area (TPSA) is 75.4 Å². The van der Waals surface area contributed by atoms with Crippen molar-refractivity contribution >= 4 is 23.1 Å². The maximum absolute atomic E-state index is 13.1. The Morgan fingerprint density at radius 2 is 1.81 bits per heavy atom. The van der Waals surface area contributed by atoms with Crippen LogP contribution in [0.2, 0.25) is 0 Å². The van der Waals surface area contributed by atoms with E-state index < -0.39 is 12.0 Å². The molecular weight excluding hydrogens is 421 g/mol. The highest BCUT2D eigenvalue weighted by atomic mass is 19.4. The molecule has 1 N–H and O–H groups in total. The SMILES string of the molecule is O=C(Nc1cccc2c1CCCC2)C1CCN(c2ccc3nnc(C(F)(F)F)n3n2)CC1. The summed E-state index contributed by atoms with van der Waals surface area (Å²) in [6.45, 7) is 1.07. The van der Waals surface area contributed by atoms with Crippen LogP contribution in [0.1, 0.15) is 42.6 Å². The number of carbonyl (C=O) groups excluding carboxylic acids is 1. The van der Waals surface area contributed by atoms with E-state index in [2.05, 4.69) is 26.7 Å². The summed E-state index contributed by atoms with van der Waals surface area (Å²) < 4.78 is 40.1. The number of alkyl halides is 3. The molecule has 1 fully saturated rings. The van der Waals surface area contributed by atoms with E-state index in [-0.39, 0.29) is 17.5 Å². The number of rotatable bonds is 3. The summed E-state index contributed by atoms with van der Waals surface area (Å²) in [5.41, 5.74) is 3.52. The predicted molar refractivity (Wildman–Crippen MR) is 112 cm³/mol. The van der Waals surface area contributed by atoms with E-state index in [0.29, 0.717) is 31.7 Å². The number of anilines is 2. The van der Waals surface area contributed by atoms with Gasteiger partial charge in [0.2, 0.25) is 5.91 Å². The smallest absolute Gasteiger partial charge is 0.355 e. The van der Waals surface area contributed by atoms with Gasteiger partial charge < -0.3 is 10.2 Å². The summed E-state index contributed by atoms with van der Waals surface area (Å²) in [4.78, 5) is 14.8. The number of hydrogen-bond acceptors (Lipinski definition) is 5. The van der Waals surface area contributed by atoms with Gasteiger partial charge in [-0.1, -0.05) is 12.1 Å². The van der Waals surface area contributed by atoms with Gasteiger partial charge in [-0.05, 0) is 67.9 Å². The highest BCUT2D eigenvalue weighted by Crippen LogP contribution is 2.30. The van der Waals surface area contributed by atoms with E-state index >= 15 is 0 Å². The minimum absolute atomic E-state index is 0.00482. The summed E-state index contributed by atoms with van der Waals surface area (Å²) in [6, 6.07) is 9.20. The van der Waals surface area contributed by atoms with Crippen molar-refractivity contribution in [2.45, 2.75) is 44.7 Å². The summed E-state index contributed by atoms with van der Waals surface area (Å²) >= 11 is 0. The molecule has 0 atom stereocenters. The van der Waals surface area contributed by atoms with E-state index in [9.17, 15) is 18.0 Å². The maximum Gasteiger partial charge on any atom is 0.453 e. The average Bonchev–Trinajstić information content (AvgIpc) is 3.23. The number of aromatic nitrogens is 4. The lowest BCUT2D eigenvalue weighted by Crippen LogP contribution is -2.39. The largest absolute Gasteiger partial charge is 0.453 e. The predicted octanol–water partition coefficient (Wildman–Crippen LogP) is 3.88. The molecule has 0 saturated carbocycles. The average molecular weight is 444 g/mol. The van der Waals surface area contributed by atoms with Crippen molar-refractivity contribution < 1.29 is 18.0 Å². The van der Waals surface area contributed by atoms with Crippen LogP contribution >= 0.6 is 0 Å². The lowest BCUT2D eigenvalue weighted by molar-refractivity contribution is -0.146. The van der Waals surface area contributed by atoms with Crippen molar-refractivity contribution in [2.24, 2.45) is 5.92 Å². The lowest BCUT2D eigenvalue weighted by Gasteiger charge is -2.32. The summed E-state index contributed by atoms with van der Waals surface area (Å²) in [6.07, 6.45) is 0.940. The van der Waals surface area contributed by atoms with Crippen LogP contribution in [0.25, 0.3) is 5.65 Å². The Kier molecular flexibility index (Phi) is 5.22. The highest BCUT2D eigenvalue weighted by Gasteiger charge is 2.38. The number of amides is 1. The molecule has 32 heavy (non-hydrogen) atoms. The van der Waals surface area contributed by atoms with Gasteiger partial charge in [0.1, 0.15) is 5.82 Å². The van der Waals surface area contributed by atoms with Gasteiger partial charge in [0.25, 0.3) is 5.82 Å². The second kappa shape index (κ2) is 8.07. The van der Waals surface area contributed by atoms with Gasteiger partial charge in [0.05, 0.1) is 0 Å². The molecule has 1 aliphatic carbocycles. The van der Waals surface area contributed by atoms with Crippen LogP contribution in [0.3, 0.4) is 0 Å². The fourth-order valence-corrected chi connectivity index (χ4v) is 4.63. The van der Waals surface area contributed by atoms with E-state index in [4.69, 9.17) is 0 Å². The van der Waals surface area contributed by atoms with Crippen molar-refractivity contribution in [3.05, 3.63) is 47.3 Å². The first-order valence-corrected chi connectivity index (χ1v) is 10.9. The molecule has 0 radical (unpaired) electrons. The molecule has 1 amide bonds. The molecule has 3 aromatic rings. The zero-order valence-electron chi connectivity index (χ0n) is 17.4. The van der Waals surface area contributed by atoms with Gasteiger partial charge in [-0.25, -0.2) is 0 Å². The van der Waals surface area contributed by atoms with Crippen LogP contribution in [0, 0.1) is 5.92 Å². The van der Waals surface area contributed by atoms with Crippen molar-refractivity contribution in [1.82, 2.24) is 19.8 Å². The molecule has 3 heterocycles. The number of nitrogens with one attached hydrogen (secondary N) is 1. The van der Waals surface area contributed by atoms with Crippen LogP contribution in [0.4, 0.5) is 24.7 Å². The van der Waals surface area contributed by atoms with Crippen LogP contribution < -0.4 is 10.2 Å². The van der Waals surface area contributed by atoms with Crippen molar-refractivity contribution in [3.8, 4) is 0 Å². The van der Waals surface area contributed by atoms with Crippen LogP contribution in [0.15, 0.2) is 30.3 Å². The molecule has 168 valence electrons. The molecule has 5 rings (SSSR count). The molecule has 1 aliphatic heterocycles. The van der Waals surface area contributed by atoms with Crippen molar-refractivity contribution in [3.63, 3.8) is 0 Å². The molecule has 0 bridgehead atoms. The number of piperidine rings is 1. The summed E-state index contributed by atoms with van der Waals surface area (Å²) in [5, 5.41) is 14.0. The summed E-state index contributed by atoms with van der Waals surface area (Å²) in [7, 11) is 0. The molecule has 0 spiro atoms. The van der Waals surface area contributed by atoms with Gasteiger partial charge >= 0.3 is 6.18 Å². The molecular formula is C22H23F3N6O. The molecule has 1 aromatic carbocycles. The van der Waals surface area contributed by atoms with E-state index in [0.717, 1.165) is 29.5 Å². The number of nitrogens with zero attached hydrogens (tertiary/aromatic N) is 5. The minimum Gasteiger partial charge on any atom is -0.355 e. The van der Waals surface area contributed by atoms with E-state index in [1.807, 2.05) is 17.0 Å². The molecule has 2 aliphatic rings. The number of benzene rings is 1. The fraction of sp³-hybridized carbons (Fsp3) is 0.455. The first kappa shape index (κ1) is 20.7. The molecule has 10 heteroatoms.